The molecule has 2 aromatic carbocycles. The lowest BCUT2D eigenvalue weighted by Gasteiger charge is -2.28. The van der Waals surface area contributed by atoms with E-state index in [1.54, 1.807) is 36.4 Å². The Balaban J connectivity index is 1.99. The maximum absolute atomic E-state index is 12.3. The van der Waals surface area contributed by atoms with Crippen molar-refractivity contribution in [1.82, 2.24) is 0 Å². The molecule has 0 saturated carbocycles. The molecule has 0 saturated heterocycles. The summed E-state index contributed by atoms with van der Waals surface area (Å²) in [6, 6.07) is 13.8. The largest absolute Gasteiger partial charge is 0.382 e. The van der Waals surface area contributed by atoms with Crippen molar-refractivity contribution in [2.24, 2.45) is 0 Å². The number of benzene rings is 2. The monoisotopic (exact) mass is 400 g/mol. The van der Waals surface area contributed by atoms with Gasteiger partial charge in [-0.05, 0) is 38.1 Å². The fourth-order valence-electron chi connectivity index (χ4n) is 2.07. The molecule has 0 amide bonds. The van der Waals surface area contributed by atoms with E-state index in [0.717, 1.165) is 11.1 Å². The zero-order valence-electron chi connectivity index (χ0n) is 15.0. The number of ether oxygens (including phenoxy) is 1. The number of aryl methyl sites for hydroxylation is 2. The summed E-state index contributed by atoms with van der Waals surface area (Å²) in [6.07, 6.45) is -0.723. The highest BCUT2D eigenvalue weighted by Crippen LogP contribution is 2.49. The number of rotatable bonds is 9. The summed E-state index contributed by atoms with van der Waals surface area (Å²) in [5, 5.41) is 0. The zero-order valence-corrected chi connectivity index (χ0v) is 16.6. The van der Waals surface area contributed by atoms with E-state index in [9.17, 15) is 13.3 Å². The first kappa shape index (κ1) is 21.0. The summed E-state index contributed by atoms with van der Waals surface area (Å²) in [4.78, 5) is 0.792. The van der Waals surface area contributed by atoms with Crippen molar-refractivity contribution in [3.63, 3.8) is 0 Å². The second-order valence-electron chi connectivity index (χ2n) is 5.82. The lowest BCUT2D eigenvalue weighted by molar-refractivity contribution is 0.0544. The van der Waals surface area contributed by atoms with Crippen LogP contribution in [-0.2, 0) is 24.2 Å². The molecule has 1 unspecified atom stereocenters. The van der Waals surface area contributed by atoms with Crippen LogP contribution in [0.4, 0.5) is 0 Å². The molecule has 2 rings (SSSR count). The fourth-order valence-corrected chi connectivity index (χ4v) is 3.87. The van der Waals surface area contributed by atoms with Crippen LogP contribution < -0.4 is 0 Å². The Kier molecular flexibility index (Phi) is 7.78. The predicted octanol–water partition coefficient (Wildman–Crippen LogP) is 4.10. The van der Waals surface area contributed by atoms with Crippen LogP contribution in [0.25, 0.3) is 0 Å². The van der Waals surface area contributed by atoms with Crippen molar-refractivity contribution in [3.05, 3.63) is 59.7 Å². The van der Waals surface area contributed by atoms with Crippen LogP contribution in [0.2, 0.25) is 0 Å². The van der Waals surface area contributed by atoms with E-state index in [1.807, 2.05) is 26.0 Å². The Morgan fingerprint density at radius 3 is 2.04 bits per heavy atom. The highest BCUT2D eigenvalue weighted by molar-refractivity contribution is 8.20. The summed E-state index contributed by atoms with van der Waals surface area (Å²) in [6.45, 7) is 3.76. The van der Waals surface area contributed by atoms with E-state index in [2.05, 4.69) is 0 Å². The zero-order chi connectivity index (χ0) is 19.2. The summed E-state index contributed by atoms with van der Waals surface area (Å²) in [5.74, 6) is 0. The lowest BCUT2D eigenvalue weighted by atomic mass is 10.2. The molecule has 0 aliphatic heterocycles. The maximum atomic E-state index is 12.3. The van der Waals surface area contributed by atoms with Gasteiger partial charge < -0.3 is 13.8 Å². The first-order valence-electron chi connectivity index (χ1n) is 7.95. The van der Waals surface area contributed by atoms with Gasteiger partial charge in [-0.3, -0.25) is 8.37 Å². The molecule has 0 spiro atoms. The van der Waals surface area contributed by atoms with E-state index < -0.39 is 28.1 Å². The highest BCUT2D eigenvalue weighted by atomic mass is 32.3. The first-order chi connectivity index (χ1) is 12.3. The molecule has 6 nitrogen and oxygen atoms in total. The average Bonchev–Trinajstić information content (AvgIpc) is 2.61. The van der Waals surface area contributed by atoms with Crippen LogP contribution in [0.1, 0.15) is 11.1 Å². The Bertz CT molecular complexity index is 715. The van der Waals surface area contributed by atoms with E-state index in [4.69, 9.17) is 13.1 Å². The van der Waals surface area contributed by atoms with E-state index in [1.165, 1.54) is 7.11 Å². The second-order valence-corrected chi connectivity index (χ2v) is 8.65. The van der Waals surface area contributed by atoms with Crippen LogP contribution >= 0.6 is 10.9 Å². The molecule has 2 N–H and O–H groups in total. The smallest absolute Gasteiger partial charge is 0.189 e. The Morgan fingerprint density at radius 2 is 1.50 bits per heavy atom. The van der Waals surface area contributed by atoms with E-state index in [-0.39, 0.29) is 18.1 Å². The molecule has 26 heavy (non-hydrogen) atoms. The highest BCUT2D eigenvalue weighted by Gasteiger charge is 2.25. The van der Waals surface area contributed by atoms with Crippen molar-refractivity contribution in [2.45, 2.75) is 29.7 Å². The summed E-state index contributed by atoms with van der Waals surface area (Å²) in [5.41, 5.74) is 2.05. The van der Waals surface area contributed by atoms with Crippen LogP contribution in [0.5, 0.6) is 0 Å². The SMILES string of the molecule is COC[C@@H](COS(O)(O)c1ccc(C)cc1)OS(=O)c1ccc(C)cc1. The van der Waals surface area contributed by atoms with Gasteiger partial charge >= 0.3 is 0 Å². The van der Waals surface area contributed by atoms with Gasteiger partial charge in [-0.15, -0.1) is 0 Å². The molecule has 2 atom stereocenters. The number of hydrogen-bond acceptors (Lipinski definition) is 6. The summed E-state index contributed by atoms with van der Waals surface area (Å²) < 4.78 is 48.6. The lowest BCUT2D eigenvalue weighted by Crippen LogP contribution is -2.27. The third-order valence-electron chi connectivity index (χ3n) is 3.54. The second kappa shape index (κ2) is 9.61. The van der Waals surface area contributed by atoms with Gasteiger partial charge in [0.05, 0.1) is 23.0 Å². The molecule has 0 heterocycles. The third kappa shape index (κ3) is 6.17. The van der Waals surface area contributed by atoms with Crippen molar-refractivity contribution < 1.29 is 26.4 Å². The quantitative estimate of drug-likeness (QED) is 0.659. The normalized spacial score (nSPS) is 14.8. The molecular formula is C18H24O6S2. The molecule has 0 fully saturated rings. The van der Waals surface area contributed by atoms with Crippen molar-refractivity contribution >= 4 is 22.0 Å². The van der Waals surface area contributed by atoms with Gasteiger partial charge in [0.15, 0.2) is 11.1 Å². The van der Waals surface area contributed by atoms with Crippen LogP contribution in [0, 0.1) is 13.8 Å². The maximum Gasteiger partial charge on any atom is 0.189 e. The summed E-state index contributed by atoms with van der Waals surface area (Å²) >= 11 is -1.71. The molecule has 144 valence electrons. The van der Waals surface area contributed by atoms with Gasteiger partial charge in [-0.2, -0.15) is 0 Å². The molecular weight excluding hydrogens is 376 g/mol. The van der Waals surface area contributed by atoms with Gasteiger partial charge in [0.1, 0.15) is 17.0 Å². The third-order valence-corrected chi connectivity index (χ3v) is 5.99. The molecule has 0 aliphatic carbocycles. The molecule has 8 heteroatoms. The van der Waals surface area contributed by atoms with Crippen molar-refractivity contribution in [3.8, 4) is 0 Å². The van der Waals surface area contributed by atoms with E-state index in [0.29, 0.717) is 4.90 Å². The van der Waals surface area contributed by atoms with Gasteiger partial charge in [0.25, 0.3) is 0 Å². The van der Waals surface area contributed by atoms with Crippen LogP contribution in [0.15, 0.2) is 58.3 Å². The minimum Gasteiger partial charge on any atom is -0.382 e. The predicted molar refractivity (Wildman–Crippen MR) is 103 cm³/mol. The molecule has 0 aromatic heterocycles. The molecule has 0 aliphatic rings. The van der Waals surface area contributed by atoms with Crippen molar-refractivity contribution in [2.75, 3.05) is 20.3 Å². The van der Waals surface area contributed by atoms with Crippen LogP contribution in [-0.4, -0.2) is 39.7 Å². The Morgan fingerprint density at radius 1 is 0.962 bits per heavy atom. The topological polar surface area (TPSA) is 85.2 Å². The Labute approximate surface area is 158 Å². The molecule has 0 radical (unpaired) electrons. The average molecular weight is 401 g/mol. The van der Waals surface area contributed by atoms with Gasteiger partial charge in [-0.25, -0.2) is 4.21 Å². The minimum atomic E-state index is -3.43. The van der Waals surface area contributed by atoms with Crippen LogP contribution in [0.3, 0.4) is 0 Å². The van der Waals surface area contributed by atoms with Gasteiger partial charge in [0.2, 0.25) is 0 Å². The Hall–Kier alpha value is -1.26. The summed E-state index contributed by atoms with van der Waals surface area (Å²) in [7, 11) is -1.96. The molecule has 0 bridgehead atoms. The van der Waals surface area contributed by atoms with Crippen molar-refractivity contribution in [1.29, 1.82) is 0 Å². The fraction of sp³-hybridized carbons (Fsp3) is 0.333. The number of methoxy groups -OCH3 is 1. The first-order valence-corrected chi connectivity index (χ1v) is 10.5. The molecule has 2 aromatic rings. The standard InChI is InChI=1S/C18H24O6S2/c1-14-4-8-17(9-5-14)25(19)24-16(12-22-3)13-23-26(20,21)18-10-6-15(2)7-11-18/h4-11,16,20-21H,12-13H2,1-3H3/t16-,25?/m0/s1. The van der Waals surface area contributed by atoms with Gasteiger partial charge in [-0.1, -0.05) is 35.4 Å². The minimum absolute atomic E-state index is 0.0982. The van der Waals surface area contributed by atoms with E-state index >= 15 is 0 Å². The number of hydrogen-bond donors (Lipinski definition) is 2. The van der Waals surface area contributed by atoms with Gasteiger partial charge in [0, 0.05) is 7.11 Å².